The second-order valence-corrected chi connectivity index (χ2v) is 6.80. The molecule has 5 nitrogen and oxygen atoms in total. The van der Waals surface area contributed by atoms with E-state index in [4.69, 9.17) is 14.0 Å². The maximum atomic E-state index is 13.3. The second kappa shape index (κ2) is 6.63. The average Bonchev–Trinajstić information content (AvgIpc) is 3.18. The monoisotopic (exact) mass is 383 g/mol. The number of ketones is 1. The molecule has 1 aliphatic carbocycles. The molecule has 5 heteroatoms. The van der Waals surface area contributed by atoms with Gasteiger partial charge in [0, 0.05) is 11.1 Å². The Balaban J connectivity index is 1.67. The standard InChI is InChI=1S/C24H17NO4/c1-3-6-14-9-11-18(20(13-14)27-2)28-19-12-10-17-21-22(19)23(26)15-7-4-5-8-16(15)24(21)29-25-17/h3-5,7-13H,1,6H2,2H3. The summed E-state index contributed by atoms with van der Waals surface area (Å²) in [5, 5.41) is 4.80. The molecule has 0 unspecified atom stereocenters. The summed E-state index contributed by atoms with van der Waals surface area (Å²) in [5.74, 6) is 2.03. The summed E-state index contributed by atoms with van der Waals surface area (Å²) in [6.45, 7) is 3.77. The van der Waals surface area contributed by atoms with E-state index in [0.29, 0.717) is 45.0 Å². The smallest absolute Gasteiger partial charge is 0.198 e. The zero-order valence-corrected chi connectivity index (χ0v) is 15.8. The molecule has 0 saturated carbocycles. The minimum atomic E-state index is -0.112. The molecule has 5 rings (SSSR count). The molecule has 0 N–H and O–H groups in total. The number of methoxy groups -OCH3 is 1. The van der Waals surface area contributed by atoms with Crippen molar-refractivity contribution < 1.29 is 18.8 Å². The maximum Gasteiger partial charge on any atom is 0.198 e. The Morgan fingerprint density at radius 1 is 1.03 bits per heavy atom. The van der Waals surface area contributed by atoms with E-state index in [1.165, 1.54) is 0 Å². The third kappa shape index (κ3) is 2.63. The summed E-state index contributed by atoms with van der Waals surface area (Å²) in [5.41, 5.74) is 3.46. The molecule has 0 fully saturated rings. The van der Waals surface area contributed by atoms with Crippen LogP contribution in [0.4, 0.5) is 0 Å². The fourth-order valence-corrected chi connectivity index (χ4v) is 3.74. The molecule has 0 amide bonds. The molecule has 1 aliphatic rings. The molecule has 0 radical (unpaired) electrons. The first-order chi connectivity index (χ1) is 14.2. The van der Waals surface area contributed by atoms with Gasteiger partial charge in [-0.3, -0.25) is 4.79 Å². The van der Waals surface area contributed by atoms with Crippen LogP contribution in [0, 0.1) is 0 Å². The molecular formula is C24H17NO4. The van der Waals surface area contributed by atoms with Crippen LogP contribution >= 0.6 is 0 Å². The van der Waals surface area contributed by atoms with Crippen LogP contribution in [0.5, 0.6) is 17.2 Å². The highest BCUT2D eigenvalue weighted by atomic mass is 16.5. The Morgan fingerprint density at radius 3 is 2.62 bits per heavy atom. The van der Waals surface area contributed by atoms with Crippen molar-refractivity contribution in [3.05, 3.63) is 83.9 Å². The van der Waals surface area contributed by atoms with Gasteiger partial charge in [-0.2, -0.15) is 0 Å². The number of hydrogen-bond acceptors (Lipinski definition) is 5. The number of ether oxygens (including phenoxy) is 2. The first kappa shape index (κ1) is 17.3. The van der Waals surface area contributed by atoms with Crippen molar-refractivity contribution in [1.82, 2.24) is 5.16 Å². The van der Waals surface area contributed by atoms with Crippen molar-refractivity contribution in [1.29, 1.82) is 0 Å². The number of benzene rings is 3. The minimum absolute atomic E-state index is 0.112. The Bertz CT molecular complexity index is 1290. The zero-order chi connectivity index (χ0) is 20.0. The maximum absolute atomic E-state index is 13.3. The number of nitrogens with zero attached hydrogens (tertiary/aromatic N) is 1. The van der Waals surface area contributed by atoms with E-state index in [9.17, 15) is 4.79 Å². The lowest BCUT2D eigenvalue weighted by Gasteiger charge is -2.18. The Morgan fingerprint density at radius 2 is 1.83 bits per heavy atom. The van der Waals surface area contributed by atoms with E-state index in [1.807, 2.05) is 42.5 Å². The van der Waals surface area contributed by atoms with Gasteiger partial charge in [0.05, 0.1) is 18.1 Å². The second-order valence-electron chi connectivity index (χ2n) is 6.80. The van der Waals surface area contributed by atoms with Gasteiger partial charge in [-0.25, -0.2) is 0 Å². The number of hydrogen-bond donors (Lipinski definition) is 0. The molecular weight excluding hydrogens is 366 g/mol. The summed E-state index contributed by atoms with van der Waals surface area (Å²) in [4.78, 5) is 13.3. The molecule has 1 heterocycles. The highest BCUT2D eigenvalue weighted by molar-refractivity contribution is 6.26. The van der Waals surface area contributed by atoms with Crippen molar-refractivity contribution in [3.63, 3.8) is 0 Å². The molecule has 3 aromatic carbocycles. The molecule has 0 saturated heterocycles. The van der Waals surface area contributed by atoms with Gasteiger partial charge >= 0.3 is 0 Å². The molecule has 142 valence electrons. The number of rotatable bonds is 5. The SMILES string of the molecule is C=CCc1ccc(Oc2ccc3noc4c3c2C(=O)c2ccccc2-4)c(OC)c1. The Kier molecular flexibility index (Phi) is 3.95. The van der Waals surface area contributed by atoms with E-state index in [-0.39, 0.29) is 5.78 Å². The van der Waals surface area contributed by atoms with Crippen molar-refractivity contribution in [3.8, 4) is 28.6 Å². The number of allylic oxidation sites excluding steroid dienone is 1. The van der Waals surface area contributed by atoms with Crippen LogP contribution in [-0.4, -0.2) is 18.0 Å². The first-order valence-electron chi connectivity index (χ1n) is 9.23. The number of carbonyl (C=O) groups is 1. The summed E-state index contributed by atoms with van der Waals surface area (Å²) in [7, 11) is 1.59. The van der Waals surface area contributed by atoms with Crippen LogP contribution in [-0.2, 0) is 6.42 Å². The summed E-state index contributed by atoms with van der Waals surface area (Å²) in [6, 6.07) is 16.6. The third-order valence-electron chi connectivity index (χ3n) is 5.08. The minimum Gasteiger partial charge on any atom is -0.493 e. The summed E-state index contributed by atoms with van der Waals surface area (Å²) in [6.07, 6.45) is 2.56. The number of carbonyl (C=O) groups excluding carboxylic acids is 1. The first-order valence-corrected chi connectivity index (χ1v) is 9.23. The molecule has 4 aromatic rings. The van der Waals surface area contributed by atoms with Gasteiger partial charge in [-0.15, -0.1) is 6.58 Å². The van der Waals surface area contributed by atoms with Gasteiger partial charge in [0.2, 0.25) is 0 Å². The van der Waals surface area contributed by atoms with Gasteiger partial charge in [0.15, 0.2) is 23.0 Å². The van der Waals surface area contributed by atoms with Crippen LogP contribution in [0.1, 0.15) is 21.5 Å². The summed E-state index contributed by atoms with van der Waals surface area (Å²) >= 11 is 0. The highest BCUT2D eigenvalue weighted by Gasteiger charge is 2.32. The molecule has 0 spiro atoms. The van der Waals surface area contributed by atoms with E-state index < -0.39 is 0 Å². The van der Waals surface area contributed by atoms with E-state index >= 15 is 0 Å². The fourth-order valence-electron chi connectivity index (χ4n) is 3.74. The van der Waals surface area contributed by atoms with Crippen LogP contribution in [0.3, 0.4) is 0 Å². The zero-order valence-electron chi connectivity index (χ0n) is 15.8. The van der Waals surface area contributed by atoms with E-state index in [1.54, 1.807) is 25.3 Å². The van der Waals surface area contributed by atoms with Gasteiger partial charge in [0.1, 0.15) is 11.3 Å². The Labute approximate surface area is 167 Å². The van der Waals surface area contributed by atoms with E-state index in [0.717, 1.165) is 17.5 Å². The van der Waals surface area contributed by atoms with Crippen molar-refractivity contribution in [2.45, 2.75) is 6.42 Å². The van der Waals surface area contributed by atoms with Crippen LogP contribution < -0.4 is 9.47 Å². The number of fused-ring (bicyclic) bond motifs is 2. The summed E-state index contributed by atoms with van der Waals surface area (Å²) < 4.78 is 17.2. The Hall–Kier alpha value is -3.86. The fraction of sp³-hybridized carbons (Fsp3) is 0.0833. The van der Waals surface area contributed by atoms with Gasteiger partial charge in [0.25, 0.3) is 0 Å². The molecule has 0 aliphatic heterocycles. The largest absolute Gasteiger partial charge is 0.493 e. The van der Waals surface area contributed by atoms with Crippen molar-refractivity contribution in [2.75, 3.05) is 7.11 Å². The van der Waals surface area contributed by atoms with Gasteiger partial charge in [-0.05, 0) is 36.2 Å². The predicted molar refractivity (Wildman–Crippen MR) is 110 cm³/mol. The lowest BCUT2D eigenvalue weighted by molar-refractivity contribution is 0.103. The van der Waals surface area contributed by atoms with Gasteiger partial charge in [-0.1, -0.05) is 41.6 Å². The van der Waals surface area contributed by atoms with Crippen LogP contribution in [0.25, 0.3) is 22.2 Å². The van der Waals surface area contributed by atoms with Crippen LogP contribution in [0.2, 0.25) is 0 Å². The topological polar surface area (TPSA) is 61.6 Å². The lowest BCUT2D eigenvalue weighted by Crippen LogP contribution is -2.10. The average molecular weight is 383 g/mol. The highest BCUT2D eigenvalue weighted by Crippen LogP contribution is 2.44. The predicted octanol–water partition coefficient (Wildman–Crippen LogP) is 5.57. The molecule has 0 atom stereocenters. The van der Waals surface area contributed by atoms with E-state index in [2.05, 4.69) is 11.7 Å². The quantitative estimate of drug-likeness (QED) is 0.371. The molecule has 1 aromatic heterocycles. The third-order valence-corrected chi connectivity index (χ3v) is 5.08. The molecule has 29 heavy (non-hydrogen) atoms. The number of aromatic nitrogens is 1. The normalized spacial score (nSPS) is 12.0. The van der Waals surface area contributed by atoms with Crippen molar-refractivity contribution >= 4 is 16.7 Å². The molecule has 0 bridgehead atoms. The van der Waals surface area contributed by atoms with Crippen LogP contribution in [0.15, 0.2) is 71.8 Å². The van der Waals surface area contributed by atoms with Crippen molar-refractivity contribution in [2.24, 2.45) is 0 Å². The lowest BCUT2D eigenvalue weighted by atomic mass is 9.87. The van der Waals surface area contributed by atoms with Gasteiger partial charge < -0.3 is 14.0 Å².